The van der Waals surface area contributed by atoms with Gasteiger partial charge in [-0.2, -0.15) is 4.68 Å². The molecule has 1 saturated heterocycles. The van der Waals surface area contributed by atoms with Gasteiger partial charge in [-0.1, -0.05) is 23.7 Å². The van der Waals surface area contributed by atoms with E-state index in [9.17, 15) is 33.9 Å². The summed E-state index contributed by atoms with van der Waals surface area (Å²) in [5, 5.41) is 31.7. The molecule has 18 nitrogen and oxygen atoms in total. The molecule has 19 heteroatoms. The average molecular weight is 770 g/mol. The van der Waals surface area contributed by atoms with Gasteiger partial charge < -0.3 is 41.2 Å². The number of aromatic carboxylic acids is 1. The Kier molecular flexibility index (Phi) is 11.4. The van der Waals surface area contributed by atoms with Crippen LogP contribution in [0.1, 0.15) is 28.9 Å². The molecule has 6 rings (SSSR count). The molecule has 1 aliphatic rings. The third-order valence-corrected chi connectivity index (χ3v) is 9.20. The Morgan fingerprint density at radius 1 is 0.909 bits per heavy atom. The zero-order valence-corrected chi connectivity index (χ0v) is 30.3. The van der Waals surface area contributed by atoms with E-state index in [-0.39, 0.29) is 40.7 Å². The van der Waals surface area contributed by atoms with Crippen molar-refractivity contribution < 1.29 is 33.9 Å². The van der Waals surface area contributed by atoms with Gasteiger partial charge in [0.05, 0.1) is 11.4 Å². The van der Waals surface area contributed by atoms with Crippen molar-refractivity contribution in [1.29, 1.82) is 0 Å². The summed E-state index contributed by atoms with van der Waals surface area (Å²) in [6.45, 7) is 0.874. The molecule has 1 fully saturated rings. The maximum absolute atomic E-state index is 13.7. The van der Waals surface area contributed by atoms with Gasteiger partial charge in [0.1, 0.15) is 18.1 Å². The van der Waals surface area contributed by atoms with Gasteiger partial charge in [-0.05, 0) is 83.4 Å². The smallest absolute Gasteiger partial charge is 0.352 e. The number of urea groups is 1. The molecule has 0 bridgehead atoms. The lowest BCUT2D eigenvalue weighted by atomic mass is 9.96. The third kappa shape index (κ3) is 9.22. The zero-order valence-electron chi connectivity index (χ0n) is 29.6. The minimum Gasteiger partial charge on any atom is -0.477 e. The molecule has 0 radical (unpaired) electrons. The fourth-order valence-corrected chi connectivity index (χ4v) is 6.28. The summed E-state index contributed by atoms with van der Waals surface area (Å²) in [5.41, 5.74) is 2.36. The van der Waals surface area contributed by atoms with Crippen LogP contribution in [0.25, 0.3) is 16.6 Å². The molecule has 6 amide bonds. The molecule has 0 spiro atoms. The maximum Gasteiger partial charge on any atom is 0.352 e. The molecule has 1 atom stereocenters. The monoisotopic (exact) mass is 769 g/mol. The Labute approximate surface area is 318 Å². The number of nitrogens with zero attached hydrogens (tertiary/aromatic N) is 6. The van der Waals surface area contributed by atoms with Crippen LogP contribution in [-0.4, -0.2) is 109 Å². The number of anilines is 3. The number of carboxylic acids is 1. The Balaban J connectivity index is 1.16. The lowest BCUT2D eigenvalue weighted by Gasteiger charge is -2.32. The van der Waals surface area contributed by atoms with Gasteiger partial charge in [0.2, 0.25) is 11.8 Å². The highest BCUT2D eigenvalue weighted by Gasteiger charge is 2.29. The topological polar surface area (TPSA) is 237 Å². The van der Waals surface area contributed by atoms with Crippen molar-refractivity contribution in [3.05, 3.63) is 89.3 Å². The van der Waals surface area contributed by atoms with Crippen LogP contribution in [0.4, 0.5) is 21.9 Å². The number of piperidine rings is 1. The number of rotatable bonds is 10. The van der Waals surface area contributed by atoms with Gasteiger partial charge in [0, 0.05) is 66.8 Å². The van der Waals surface area contributed by atoms with Crippen LogP contribution in [0.15, 0.2) is 73.1 Å². The fourth-order valence-electron chi connectivity index (χ4n) is 6.10. The number of aromatic amines is 1. The summed E-state index contributed by atoms with van der Waals surface area (Å²) in [6, 6.07) is 15.7. The number of amides is 6. The largest absolute Gasteiger partial charge is 0.477 e. The first-order valence-electron chi connectivity index (χ1n) is 17.0. The van der Waals surface area contributed by atoms with E-state index in [0.29, 0.717) is 59.5 Å². The summed E-state index contributed by atoms with van der Waals surface area (Å²) in [4.78, 5) is 83.0. The fraction of sp³-hybridized carbons (Fsp3) is 0.250. The van der Waals surface area contributed by atoms with Crippen LogP contribution in [0.3, 0.4) is 0 Å². The normalized spacial score (nSPS) is 13.5. The zero-order chi connectivity index (χ0) is 39.2. The van der Waals surface area contributed by atoms with E-state index < -0.39 is 29.7 Å². The lowest BCUT2D eigenvalue weighted by Crippen LogP contribution is -2.49. The van der Waals surface area contributed by atoms with Crippen molar-refractivity contribution in [2.75, 3.05) is 43.1 Å². The molecular weight excluding hydrogens is 734 g/mol. The number of hydrogen-bond acceptors (Lipinski definition) is 9. The summed E-state index contributed by atoms with van der Waals surface area (Å²) in [5.74, 6) is -4.11. The highest BCUT2D eigenvalue weighted by Crippen LogP contribution is 2.25. The van der Waals surface area contributed by atoms with E-state index in [1.54, 1.807) is 78.5 Å². The van der Waals surface area contributed by atoms with Crippen LogP contribution in [0, 0.1) is 5.92 Å². The highest BCUT2D eigenvalue weighted by molar-refractivity contribution is 6.40. The van der Waals surface area contributed by atoms with Crippen LogP contribution in [-0.2, 0) is 25.6 Å². The molecule has 0 aliphatic carbocycles. The van der Waals surface area contributed by atoms with Crippen molar-refractivity contribution in [3.8, 4) is 5.69 Å². The molecule has 3 aromatic carbocycles. The number of nitrogens with one attached hydrogen (secondary N) is 5. The molecule has 6 N–H and O–H groups in total. The number of halogens is 1. The number of carbonyl (C=O) groups is 6. The number of H-pyrrole nitrogens is 1. The summed E-state index contributed by atoms with van der Waals surface area (Å²) in [6.07, 6.45) is 2.37. The first kappa shape index (κ1) is 37.9. The molecule has 55 heavy (non-hydrogen) atoms. The van der Waals surface area contributed by atoms with Crippen LogP contribution in [0.2, 0.25) is 5.02 Å². The lowest BCUT2D eigenvalue weighted by molar-refractivity contribution is -0.137. The van der Waals surface area contributed by atoms with Crippen molar-refractivity contribution in [2.45, 2.75) is 25.3 Å². The summed E-state index contributed by atoms with van der Waals surface area (Å²) in [7, 11) is 3.43. The van der Waals surface area contributed by atoms with Crippen molar-refractivity contribution >= 4 is 75.2 Å². The molecule has 1 aliphatic heterocycles. The Hall–Kier alpha value is -6.82. The molecule has 0 saturated carbocycles. The number of carbonyl (C=O) groups excluding carboxylic acids is 5. The van der Waals surface area contributed by atoms with Crippen LogP contribution in [0.5, 0.6) is 0 Å². The second-order valence-corrected chi connectivity index (χ2v) is 13.4. The first-order valence-corrected chi connectivity index (χ1v) is 17.4. The van der Waals surface area contributed by atoms with Crippen molar-refractivity contribution in [1.82, 2.24) is 40.3 Å². The molecular formula is C36H36ClN11O7. The number of likely N-dealkylation sites (tertiary alicyclic amines) is 1. The summed E-state index contributed by atoms with van der Waals surface area (Å²) >= 11 is 6.16. The van der Waals surface area contributed by atoms with E-state index >= 15 is 0 Å². The number of benzene rings is 3. The molecule has 284 valence electrons. The quantitative estimate of drug-likeness (QED) is 0.114. The second-order valence-electron chi connectivity index (χ2n) is 13.0. The molecule has 2 aromatic heterocycles. The van der Waals surface area contributed by atoms with Crippen molar-refractivity contribution in [3.63, 3.8) is 0 Å². The van der Waals surface area contributed by atoms with Gasteiger partial charge in [-0.25, -0.2) is 9.59 Å². The molecule has 5 aromatic rings. The Morgan fingerprint density at radius 3 is 2.31 bits per heavy atom. The first-order chi connectivity index (χ1) is 26.3. The van der Waals surface area contributed by atoms with E-state index in [2.05, 4.69) is 41.8 Å². The highest BCUT2D eigenvalue weighted by atomic mass is 35.5. The number of hydrogen-bond donors (Lipinski definition) is 6. The van der Waals surface area contributed by atoms with Crippen LogP contribution >= 0.6 is 11.6 Å². The van der Waals surface area contributed by atoms with Crippen LogP contribution < -0.4 is 21.3 Å². The minimum atomic E-state index is -1.28. The number of carboxylic acid groups (broad SMARTS) is 1. The van der Waals surface area contributed by atoms with Gasteiger partial charge in [-0.3, -0.25) is 19.2 Å². The number of fused-ring (bicyclic) bond motifs is 1. The number of tetrazole rings is 1. The summed E-state index contributed by atoms with van der Waals surface area (Å²) < 4.78 is 1.27. The SMILES string of the molecule is CN(C)C(=O)C1CCN(C(=O)Nc2ccc(C[C@H](NC(=O)C(=O)Nc3cc(Cl)ccc3-n3cnnn3)C(=O)Nc3ccc4[nH]c(C(=O)O)cc4c3)cc2)CC1. The number of aromatic nitrogens is 5. The predicted molar refractivity (Wildman–Crippen MR) is 201 cm³/mol. The van der Waals surface area contributed by atoms with E-state index in [1.807, 2.05) is 0 Å². The standard InChI is InChI=1S/C36H36ClN11O7/c1-46(2)34(52)21-11-13-47(14-12-21)36(55)40-24-6-3-20(4-7-24)15-28(31(49)39-25-8-9-26-22(16-25)17-29(41-26)35(53)54)43-33(51)32(50)42-27-18-23(37)5-10-30(27)48-19-38-44-45-48/h3-10,16-19,21,28,41H,11-15H2,1-2H3,(H,39,49)(H,40,55)(H,42,50)(H,43,51)(H,53,54)/t28-/m0/s1. The second kappa shape index (κ2) is 16.5. The molecule has 3 heterocycles. The van der Waals surface area contributed by atoms with E-state index in [1.165, 1.54) is 23.1 Å². The predicted octanol–water partition coefficient (Wildman–Crippen LogP) is 3.13. The van der Waals surface area contributed by atoms with E-state index in [0.717, 1.165) is 0 Å². The van der Waals surface area contributed by atoms with Gasteiger partial charge >= 0.3 is 23.8 Å². The maximum atomic E-state index is 13.7. The average Bonchev–Trinajstić information content (AvgIpc) is 3.86. The Bertz CT molecular complexity index is 2250. The van der Waals surface area contributed by atoms with Gasteiger partial charge in [-0.15, -0.1) is 5.10 Å². The molecule has 0 unspecified atom stereocenters. The van der Waals surface area contributed by atoms with Gasteiger partial charge in [0.15, 0.2) is 0 Å². The van der Waals surface area contributed by atoms with Crippen molar-refractivity contribution in [2.24, 2.45) is 5.92 Å². The Morgan fingerprint density at radius 2 is 1.64 bits per heavy atom. The van der Waals surface area contributed by atoms with E-state index in [4.69, 9.17) is 11.6 Å². The minimum absolute atomic E-state index is 0.0294. The van der Waals surface area contributed by atoms with Gasteiger partial charge in [0.25, 0.3) is 0 Å². The third-order valence-electron chi connectivity index (χ3n) is 8.97.